The first-order chi connectivity index (χ1) is 13.7. The number of piperidine rings is 1. The number of aromatic nitrogens is 1. The average molecular weight is 405 g/mol. The number of nitrogens with one attached hydrogen (secondary N) is 2. The van der Waals surface area contributed by atoms with Crippen molar-refractivity contribution in [3.8, 4) is 0 Å². The van der Waals surface area contributed by atoms with Gasteiger partial charge >= 0.3 is 6.09 Å². The van der Waals surface area contributed by atoms with E-state index in [4.69, 9.17) is 4.74 Å². The number of likely N-dealkylation sites (tertiary alicyclic amines) is 1. The molecule has 3 amide bonds. The fraction of sp³-hybridized carbons (Fsp3) is 0.667. The van der Waals surface area contributed by atoms with Gasteiger partial charge in [-0.2, -0.15) is 0 Å². The normalized spacial score (nSPS) is 21.3. The number of nitrogens with zero attached hydrogens (tertiary/aromatic N) is 2. The molecule has 2 aliphatic rings. The Bertz CT molecular complexity index is 744. The first-order valence-electron chi connectivity index (χ1n) is 10.5. The van der Waals surface area contributed by atoms with E-state index >= 15 is 0 Å². The number of carbonyl (C=O) groups is 3. The molecule has 2 fully saturated rings. The van der Waals surface area contributed by atoms with Gasteiger partial charge in [0.05, 0.1) is 0 Å². The van der Waals surface area contributed by atoms with Crippen molar-refractivity contribution in [2.24, 2.45) is 0 Å². The van der Waals surface area contributed by atoms with Crippen LogP contribution in [-0.2, 0) is 9.53 Å². The molecule has 3 heterocycles. The maximum atomic E-state index is 12.8. The molecule has 0 saturated carbocycles. The van der Waals surface area contributed by atoms with E-state index in [1.165, 1.54) is 0 Å². The van der Waals surface area contributed by atoms with E-state index in [0.29, 0.717) is 31.7 Å². The first kappa shape index (κ1) is 21.2. The van der Waals surface area contributed by atoms with Gasteiger partial charge in [-0.15, -0.1) is 0 Å². The number of carbonyl (C=O) groups excluding carboxylic acids is 3. The zero-order valence-corrected chi connectivity index (χ0v) is 17.6. The van der Waals surface area contributed by atoms with Crippen LogP contribution in [0.2, 0.25) is 0 Å². The molecule has 0 aromatic carbocycles. The molecule has 0 radical (unpaired) electrons. The number of hydrogen-bond donors (Lipinski definition) is 2. The van der Waals surface area contributed by atoms with Crippen LogP contribution in [-0.4, -0.2) is 58.7 Å². The van der Waals surface area contributed by atoms with Crippen LogP contribution < -0.4 is 10.6 Å². The smallest absolute Gasteiger partial charge is 0.410 e. The van der Waals surface area contributed by atoms with Crippen LogP contribution in [0.4, 0.5) is 4.79 Å². The Morgan fingerprint density at radius 1 is 1.17 bits per heavy atom. The van der Waals surface area contributed by atoms with Crippen LogP contribution in [0.1, 0.15) is 69.4 Å². The molecule has 29 heavy (non-hydrogen) atoms. The highest BCUT2D eigenvalue weighted by molar-refractivity contribution is 5.96. The number of hydrogen-bond acceptors (Lipinski definition) is 4. The van der Waals surface area contributed by atoms with Crippen molar-refractivity contribution in [2.75, 3.05) is 19.6 Å². The number of ether oxygens (including phenoxy) is 1. The largest absolute Gasteiger partial charge is 0.444 e. The molecule has 0 aliphatic carbocycles. The van der Waals surface area contributed by atoms with Gasteiger partial charge in [-0.25, -0.2) is 4.79 Å². The molecule has 8 nitrogen and oxygen atoms in total. The molecule has 1 unspecified atom stereocenters. The zero-order chi connectivity index (χ0) is 21.0. The highest BCUT2D eigenvalue weighted by Crippen LogP contribution is 2.26. The Morgan fingerprint density at radius 3 is 2.59 bits per heavy atom. The summed E-state index contributed by atoms with van der Waals surface area (Å²) >= 11 is 0. The summed E-state index contributed by atoms with van der Waals surface area (Å²) in [6, 6.07) is 3.28. The summed E-state index contributed by atoms with van der Waals surface area (Å²) in [7, 11) is 0. The molecule has 0 spiro atoms. The summed E-state index contributed by atoms with van der Waals surface area (Å²) in [5, 5.41) is 5.73. The second-order valence-corrected chi connectivity index (χ2v) is 8.81. The minimum Gasteiger partial charge on any atom is -0.444 e. The predicted molar refractivity (Wildman–Crippen MR) is 109 cm³/mol. The Labute approximate surface area is 172 Å². The van der Waals surface area contributed by atoms with Crippen LogP contribution in [0.25, 0.3) is 0 Å². The van der Waals surface area contributed by atoms with Gasteiger partial charge in [-0.05, 0) is 65.0 Å². The zero-order valence-electron chi connectivity index (χ0n) is 17.6. The molecular formula is C21H32N4O4. The quantitative estimate of drug-likeness (QED) is 0.809. The molecule has 1 aromatic rings. The van der Waals surface area contributed by atoms with E-state index in [1.54, 1.807) is 11.0 Å². The third-order valence-electron chi connectivity index (χ3n) is 5.36. The van der Waals surface area contributed by atoms with Gasteiger partial charge in [0.2, 0.25) is 5.91 Å². The predicted octanol–water partition coefficient (Wildman–Crippen LogP) is 2.46. The second-order valence-electron chi connectivity index (χ2n) is 8.81. The first-order valence-corrected chi connectivity index (χ1v) is 10.5. The van der Waals surface area contributed by atoms with Crippen LogP contribution in [0.5, 0.6) is 0 Å². The highest BCUT2D eigenvalue weighted by Gasteiger charge is 2.30. The van der Waals surface area contributed by atoms with E-state index < -0.39 is 11.6 Å². The van der Waals surface area contributed by atoms with Crippen molar-refractivity contribution in [1.29, 1.82) is 0 Å². The highest BCUT2D eigenvalue weighted by atomic mass is 16.6. The van der Waals surface area contributed by atoms with E-state index in [1.807, 2.05) is 37.6 Å². The summed E-state index contributed by atoms with van der Waals surface area (Å²) < 4.78 is 7.42. The van der Waals surface area contributed by atoms with Gasteiger partial charge in [0.15, 0.2) is 0 Å². The van der Waals surface area contributed by atoms with Crippen molar-refractivity contribution >= 4 is 17.9 Å². The van der Waals surface area contributed by atoms with Crippen molar-refractivity contribution < 1.29 is 19.1 Å². The van der Waals surface area contributed by atoms with Gasteiger partial charge in [0.25, 0.3) is 5.91 Å². The van der Waals surface area contributed by atoms with Crippen molar-refractivity contribution in [1.82, 2.24) is 20.1 Å². The van der Waals surface area contributed by atoms with Crippen molar-refractivity contribution in [3.63, 3.8) is 0 Å². The standard InChI is InChI=1S/C21H32N4O4/c1-21(2,3)29-20(28)24-13-9-15(10-14-24)25-12-6-8-17(25)19(27)23-16-7-4-5-11-22-18(16)26/h6,8,12,15-16H,4-5,7,9-11,13-14H2,1-3H3,(H,22,26)(H,23,27). The van der Waals surface area contributed by atoms with Gasteiger partial charge in [0, 0.05) is 31.9 Å². The third kappa shape index (κ3) is 5.52. The Kier molecular flexibility index (Phi) is 6.49. The van der Waals surface area contributed by atoms with Gasteiger partial charge < -0.3 is 24.8 Å². The van der Waals surface area contributed by atoms with E-state index in [2.05, 4.69) is 10.6 Å². The van der Waals surface area contributed by atoms with E-state index in [0.717, 1.165) is 25.7 Å². The van der Waals surface area contributed by atoms with Crippen LogP contribution in [0, 0.1) is 0 Å². The topological polar surface area (TPSA) is 92.7 Å². The van der Waals surface area contributed by atoms with Crippen LogP contribution in [0.3, 0.4) is 0 Å². The molecule has 2 aliphatic heterocycles. The van der Waals surface area contributed by atoms with Crippen LogP contribution >= 0.6 is 0 Å². The lowest BCUT2D eigenvalue weighted by molar-refractivity contribution is -0.122. The van der Waals surface area contributed by atoms with Gasteiger partial charge in [0.1, 0.15) is 17.3 Å². The van der Waals surface area contributed by atoms with E-state index in [9.17, 15) is 14.4 Å². The Morgan fingerprint density at radius 2 is 1.90 bits per heavy atom. The lowest BCUT2D eigenvalue weighted by Gasteiger charge is -2.34. The number of rotatable bonds is 3. The average Bonchev–Trinajstić information content (AvgIpc) is 3.06. The molecule has 2 N–H and O–H groups in total. The summed E-state index contributed by atoms with van der Waals surface area (Å²) in [5.74, 6) is -0.341. The molecule has 2 saturated heterocycles. The molecular weight excluding hydrogens is 372 g/mol. The summed E-state index contributed by atoms with van der Waals surface area (Å²) in [5.41, 5.74) is 0.0435. The lowest BCUT2D eigenvalue weighted by atomic mass is 10.0. The lowest BCUT2D eigenvalue weighted by Crippen LogP contribution is -2.46. The van der Waals surface area contributed by atoms with Crippen molar-refractivity contribution in [2.45, 2.75) is 70.6 Å². The van der Waals surface area contributed by atoms with Crippen molar-refractivity contribution in [3.05, 3.63) is 24.0 Å². The Balaban J connectivity index is 1.60. The van der Waals surface area contributed by atoms with Gasteiger partial charge in [-0.3, -0.25) is 9.59 Å². The fourth-order valence-electron chi connectivity index (χ4n) is 3.87. The Hall–Kier alpha value is -2.51. The summed E-state index contributed by atoms with van der Waals surface area (Å²) in [6.07, 6.45) is 5.61. The fourth-order valence-corrected chi connectivity index (χ4v) is 3.87. The molecule has 1 atom stereocenters. The monoisotopic (exact) mass is 404 g/mol. The SMILES string of the molecule is CC(C)(C)OC(=O)N1CCC(n2cccc2C(=O)NC2CCCCNC2=O)CC1. The summed E-state index contributed by atoms with van der Waals surface area (Å²) in [6.45, 7) is 7.41. The molecule has 8 heteroatoms. The minimum atomic E-state index is -0.510. The molecule has 160 valence electrons. The molecule has 0 bridgehead atoms. The maximum absolute atomic E-state index is 12.8. The third-order valence-corrected chi connectivity index (χ3v) is 5.36. The van der Waals surface area contributed by atoms with Crippen LogP contribution in [0.15, 0.2) is 18.3 Å². The minimum absolute atomic E-state index is 0.111. The second kappa shape index (κ2) is 8.88. The van der Waals surface area contributed by atoms with Gasteiger partial charge in [-0.1, -0.05) is 0 Å². The maximum Gasteiger partial charge on any atom is 0.410 e. The number of amides is 3. The molecule has 1 aromatic heterocycles. The molecule has 3 rings (SSSR count). The van der Waals surface area contributed by atoms with E-state index in [-0.39, 0.29) is 23.9 Å². The summed E-state index contributed by atoms with van der Waals surface area (Å²) in [4.78, 5) is 38.9.